The minimum Gasteiger partial charge on any atom is -0.334 e. The zero-order valence-electron chi connectivity index (χ0n) is 15.0. The Morgan fingerprint density at radius 2 is 1.59 bits per heavy atom. The number of piperazine rings is 1. The summed E-state index contributed by atoms with van der Waals surface area (Å²) >= 11 is 0. The van der Waals surface area contributed by atoms with Gasteiger partial charge in [0, 0.05) is 42.7 Å². The summed E-state index contributed by atoms with van der Waals surface area (Å²) in [6, 6.07) is 1.60. The summed E-state index contributed by atoms with van der Waals surface area (Å²) < 4.78 is 0. The van der Waals surface area contributed by atoms with Gasteiger partial charge in [-0.05, 0) is 67.0 Å². The summed E-state index contributed by atoms with van der Waals surface area (Å²) in [5.74, 6) is 0.729. The molecule has 0 aliphatic carbocycles. The van der Waals surface area contributed by atoms with Crippen molar-refractivity contribution in [2.45, 2.75) is 77.5 Å². The van der Waals surface area contributed by atoms with Crippen LogP contribution >= 0.6 is 0 Å². The van der Waals surface area contributed by atoms with Gasteiger partial charge in [-0.15, -0.1) is 0 Å². The van der Waals surface area contributed by atoms with Crippen LogP contribution in [-0.4, -0.2) is 70.5 Å². The SMILES string of the molecule is CC(C)N1CC2CC(C1)N2C(=O)C1CCN(C(C)(C)C)CC1. The molecular formula is C18H33N3O. The highest BCUT2D eigenvalue weighted by atomic mass is 16.2. The van der Waals surface area contributed by atoms with E-state index in [9.17, 15) is 4.79 Å². The van der Waals surface area contributed by atoms with Crippen LogP contribution in [0.2, 0.25) is 0 Å². The molecular weight excluding hydrogens is 274 g/mol. The number of rotatable bonds is 2. The van der Waals surface area contributed by atoms with Crippen LogP contribution in [0, 0.1) is 5.92 Å². The number of hydrogen-bond acceptors (Lipinski definition) is 3. The average Bonchev–Trinajstić information content (AvgIpc) is 2.46. The van der Waals surface area contributed by atoms with E-state index in [0.29, 0.717) is 24.0 Å². The maximum atomic E-state index is 12.9. The molecule has 4 aliphatic heterocycles. The number of nitrogens with zero attached hydrogens (tertiary/aromatic N) is 3. The van der Waals surface area contributed by atoms with Crippen LogP contribution in [0.5, 0.6) is 0 Å². The number of amides is 1. The average molecular weight is 307 g/mol. The molecule has 0 saturated carbocycles. The first-order valence-corrected chi connectivity index (χ1v) is 9.08. The van der Waals surface area contributed by atoms with Gasteiger partial charge in [-0.3, -0.25) is 14.6 Å². The van der Waals surface area contributed by atoms with E-state index in [4.69, 9.17) is 0 Å². The zero-order valence-corrected chi connectivity index (χ0v) is 15.0. The third kappa shape index (κ3) is 2.92. The third-order valence-electron chi connectivity index (χ3n) is 6.00. The lowest BCUT2D eigenvalue weighted by Crippen LogP contribution is -2.71. The van der Waals surface area contributed by atoms with Gasteiger partial charge in [-0.2, -0.15) is 0 Å². The zero-order chi connectivity index (χ0) is 16.1. The molecule has 0 aromatic carbocycles. The highest BCUT2D eigenvalue weighted by Gasteiger charge is 2.49. The molecule has 4 aliphatic rings. The van der Waals surface area contributed by atoms with Crippen molar-refractivity contribution < 1.29 is 4.79 Å². The largest absolute Gasteiger partial charge is 0.334 e. The molecule has 22 heavy (non-hydrogen) atoms. The smallest absolute Gasteiger partial charge is 0.226 e. The van der Waals surface area contributed by atoms with E-state index in [1.165, 1.54) is 6.42 Å². The number of piperidine rings is 2. The molecule has 4 nitrogen and oxygen atoms in total. The Morgan fingerprint density at radius 1 is 1.05 bits per heavy atom. The molecule has 2 unspecified atom stereocenters. The molecule has 2 bridgehead atoms. The van der Waals surface area contributed by atoms with Gasteiger partial charge < -0.3 is 4.90 Å². The Labute approximate surface area is 135 Å². The van der Waals surface area contributed by atoms with Gasteiger partial charge in [0.1, 0.15) is 0 Å². The molecule has 4 saturated heterocycles. The topological polar surface area (TPSA) is 26.8 Å². The molecule has 4 rings (SSSR count). The number of carbonyl (C=O) groups is 1. The molecule has 4 heteroatoms. The second kappa shape index (κ2) is 5.79. The van der Waals surface area contributed by atoms with Gasteiger partial charge >= 0.3 is 0 Å². The van der Waals surface area contributed by atoms with Crippen molar-refractivity contribution >= 4 is 5.91 Å². The van der Waals surface area contributed by atoms with Crippen molar-refractivity contribution in [3.05, 3.63) is 0 Å². The van der Waals surface area contributed by atoms with E-state index in [1.807, 2.05) is 0 Å². The highest BCUT2D eigenvalue weighted by molar-refractivity contribution is 5.80. The van der Waals surface area contributed by atoms with Crippen LogP contribution in [0.4, 0.5) is 0 Å². The second-order valence-corrected chi connectivity index (χ2v) is 8.77. The molecule has 4 heterocycles. The van der Waals surface area contributed by atoms with Gasteiger partial charge in [0.15, 0.2) is 0 Å². The monoisotopic (exact) mass is 307 g/mol. The lowest BCUT2D eigenvalue weighted by Gasteiger charge is -2.58. The van der Waals surface area contributed by atoms with E-state index >= 15 is 0 Å². The molecule has 0 radical (unpaired) electrons. The normalized spacial score (nSPS) is 31.5. The summed E-state index contributed by atoms with van der Waals surface area (Å²) in [7, 11) is 0. The predicted molar refractivity (Wildman–Crippen MR) is 89.8 cm³/mol. The highest BCUT2D eigenvalue weighted by Crippen LogP contribution is 2.36. The Hall–Kier alpha value is -0.610. The molecule has 126 valence electrons. The van der Waals surface area contributed by atoms with Crippen LogP contribution in [0.25, 0.3) is 0 Å². The first kappa shape index (κ1) is 16.3. The van der Waals surface area contributed by atoms with Crippen molar-refractivity contribution in [1.29, 1.82) is 0 Å². The Balaban J connectivity index is 1.54. The van der Waals surface area contributed by atoms with Crippen molar-refractivity contribution in [1.82, 2.24) is 14.7 Å². The molecule has 0 N–H and O–H groups in total. The lowest BCUT2D eigenvalue weighted by atomic mass is 9.83. The van der Waals surface area contributed by atoms with Crippen molar-refractivity contribution in [2.24, 2.45) is 5.92 Å². The third-order valence-corrected chi connectivity index (χ3v) is 6.00. The Bertz CT molecular complexity index is 409. The van der Waals surface area contributed by atoms with E-state index in [-0.39, 0.29) is 11.5 Å². The maximum absolute atomic E-state index is 12.9. The lowest BCUT2D eigenvalue weighted by molar-refractivity contribution is -0.161. The Kier molecular flexibility index (Phi) is 4.28. The number of carbonyl (C=O) groups excluding carboxylic acids is 1. The van der Waals surface area contributed by atoms with Crippen molar-refractivity contribution in [3.63, 3.8) is 0 Å². The number of hydrogen-bond donors (Lipinski definition) is 0. The fourth-order valence-corrected chi connectivity index (χ4v) is 4.43. The first-order chi connectivity index (χ1) is 10.3. The van der Waals surface area contributed by atoms with E-state index in [2.05, 4.69) is 49.3 Å². The summed E-state index contributed by atoms with van der Waals surface area (Å²) in [5.41, 5.74) is 0.235. The van der Waals surface area contributed by atoms with E-state index < -0.39 is 0 Å². The number of likely N-dealkylation sites (tertiary alicyclic amines) is 1. The summed E-state index contributed by atoms with van der Waals surface area (Å²) in [6.45, 7) is 15.7. The van der Waals surface area contributed by atoms with Gasteiger partial charge in [0.05, 0.1) is 0 Å². The van der Waals surface area contributed by atoms with Crippen LogP contribution in [-0.2, 0) is 4.79 Å². The van der Waals surface area contributed by atoms with E-state index in [0.717, 1.165) is 39.0 Å². The van der Waals surface area contributed by atoms with Gasteiger partial charge in [-0.1, -0.05) is 0 Å². The van der Waals surface area contributed by atoms with Crippen LogP contribution in [0.3, 0.4) is 0 Å². The quantitative estimate of drug-likeness (QED) is 0.782. The van der Waals surface area contributed by atoms with Crippen molar-refractivity contribution in [2.75, 3.05) is 26.2 Å². The van der Waals surface area contributed by atoms with Crippen LogP contribution in [0.15, 0.2) is 0 Å². The number of fused-ring (bicyclic) bond motifs is 2. The standard InChI is InChI=1S/C18H33N3O/c1-13(2)19-11-15-10-16(12-19)21(15)17(22)14-6-8-20(9-7-14)18(3,4)5/h13-16H,6-12H2,1-5H3. The molecule has 2 atom stereocenters. The maximum Gasteiger partial charge on any atom is 0.226 e. The summed E-state index contributed by atoms with van der Waals surface area (Å²) in [4.78, 5) is 20.2. The van der Waals surface area contributed by atoms with Gasteiger partial charge in [-0.25, -0.2) is 0 Å². The Morgan fingerprint density at radius 3 is 2.05 bits per heavy atom. The molecule has 4 fully saturated rings. The van der Waals surface area contributed by atoms with Crippen molar-refractivity contribution in [3.8, 4) is 0 Å². The molecule has 0 spiro atoms. The molecule has 0 aromatic rings. The van der Waals surface area contributed by atoms with Gasteiger partial charge in [0.2, 0.25) is 5.91 Å². The fourth-order valence-electron chi connectivity index (χ4n) is 4.43. The summed E-state index contributed by atoms with van der Waals surface area (Å²) in [5, 5.41) is 0. The predicted octanol–water partition coefficient (Wildman–Crippen LogP) is 2.19. The second-order valence-electron chi connectivity index (χ2n) is 8.77. The van der Waals surface area contributed by atoms with Gasteiger partial charge in [0.25, 0.3) is 0 Å². The first-order valence-electron chi connectivity index (χ1n) is 9.08. The van der Waals surface area contributed by atoms with E-state index in [1.54, 1.807) is 0 Å². The van der Waals surface area contributed by atoms with Crippen LogP contribution < -0.4 is 0 Å². The van der Waals surface area contributed by atoms with Crippen LogP contribution in [0.1, 0.15) is 53.9 Å². The summed E-state index contributed by atoms with van der Waals surface area (Å²) in [6.07, 6.45) is 3.32. The minimum atomic E-state index is 0.235. The minimum absolute atomic E-state index is 0.235. The fraction of sp³-hybridized carbons (Fsp3) is 0.944. The molecule has 0 aromatic heterocycles. The molecule has 1 amide bonds.